The minimum atomic E-state index is 0.779. The third-order valence-electron chi connectivity index (χ3n) is 2.73. The third kappa shape index (κ3) is 2.05. The van der Waals surface area contributed by atoms with Gasteiger partial charge in [-0.2, -0.15) is 5.10 Å². The van der Waals surface area contributed by atoms with Gasteiger partial charge >= 0.3 is 0 Å². The Labute approximate surface area is 95.1 Å². The fourth-order valence-electron chi connectivity index (χ4n) is 1.68. The number of nitrogens with zero attached hydrogens (tertiary/aromatic N) is 2. The highest BCUT2D eigenvalue weighted by Gasteiger charge is 2.05. The molecule has 0 aliphatic carbocycles. The molecule has 2 aromatic rings. The third-order valence-corrected chi connectivity index (χ3v) is 2.73. The molecule has 0 saturated carbocycles. The number of H-pyrrole nitrogens is 1. The number of aromatic nitrogens is 3. The van der Waals surface area contributed by atoms with Crippen molar-refractivity contribution in [1.29, 1.82) is 0 Å². The van der Waals surface area contributed by atoms with Crippen molar-refractivity contribution in [3.8, 4) is 0 Å². The number of aryl methyl sites for hydroxylation is 3. The smallest absolute Gasteiger partial charge is 0.0825 e. The number of nitrogens with one attached hydrogen (secondary N) is 2. The lowest BCUT2D eigenvalue weighted by Gasteiger charge is -2.08. The molecule has 0 aromatic carbocycles. The van der Waals surface area contributed by atoms with E-state index in [0.717, 1.165) is 23.6 Å². The molecule has 2 heterocycles. The molecule has 0 aliphatic rings. The van der Waals surface area contributed by atoms with Crippen LogP contribution in [0.3, 0.4) is 0 Å². The molecule has 0 saturated heterocycles. The lowest BCUT2D eigenvalue weighted by molar-refractivity contribution is 1.02. The van der Waals surface area contributed by atoms with Gasteiger partial charge in [-0.25, -0.2) is 0 Å². The summed E-state index contributed by atoms with van der Waals surface area (Å²) in [5, 5.41) is 10.5. The van der Waals surface area contributed by atoms with Crippen LogP contribution in [0.15, 0.2) is 18.5 Å². The Morgan fingerprint density at radius 3 is 2.75 bits per heavy atom. The largest absolute Gasteiger partial charge is 0.378 e. The lowest BCUT2D eigenvalue weighted by Crippen LogP contribution is -2.03. The molecule has 2 rings (SSSR count). The molecule has 4 heteroatoms. The Morgan fingerprint density at radius 1 is 1.31 bits per heavy atom. The zero-order valence-electron chi connectivity index (χ0n) is 9.83. The van der Waals surface area contributed by atoms with E-state index in [9.17, 15) is 0 Å². The Morgan fingerprint density at radius 2 is 2.12 bits per heavy atom. The van der Waals surface area contributed by atoms with Crippen molar-refractivity contribution >= 4 is 5.69 Å². The lowest BCUT2D eigenvalue weighted by atomic mass is 10.1. The fraction of sp³-hybridized carbons (Fsp3) is 0.333. The van der Waals surface area contributed by atoms with Crippen LogP contribution in [0.2, 0.25) is 0 Å². The van der Waals surface area contributed by atoms with Crippen LogP contribution in [0.4, 0.5) is 5.69 Å². The van der Waals surface area contributed by atoms with Crippen molar-refractivity contribution in [2.45, 2.75) is 27.3 Å². The van der Waals surface area contributed by atoms with E-state index in [1.807, 2.05) is 32.3 Å². The molecule has 0 fully saturated rings. The zero-order chi connectivity index (χ0) is 11.5. The molecular weight excluding hydrogens is 200 g/mol. The highest BCUT2D eigenvalue weighted by atomic mass is 15.1. The van der Waals surface area contributed by atoms with Crippen molar-refractivity contribution in [3.63, 3.8) is 0 Å². The van der Waals surface area contributed by atoms with E-state index in [4.69, 9.17) is 0 Å². The number of rotatable bonds is 3. The summed E-state index contributed by atoms with van der Waals surface area (Å²) in [5.41, 5.74) is 5.62. The van der Waals surface area contributed by atoms with Gasteiger partial charge in [-0.05, 0) is 38.0 Å². The molecule has 2 aromatic heterocycles. The molecule has 4 nitrogen and oxygen atoms in total. The summed E-state index contributed by atoms with van der Waals surface area (Å²) in [6, 6.07) is 2.02. The first-order chi connectivity index (χ1) is 7.68. The summed E-state index contributed by atoms with van der Waals surface area (Å²) < 4.78 is 0. The highest BCUT2D eigenvalue weighted by molar-refractivity contribution is 5.51. The number of pyridine rings is 1. The summed E-state index contributed by atoms with van der Waals surface area (Å²) in [6.45, 7) is 6.87. The van der Waals surface area contributed by atoms with Gasteiger partial charge in [0.15, 0.2) is 0 Å². The Hall–Kier alpha value is -1.84. The molecule has 0 spiro atoms. The molecule has 2 N–H and O–H groups in total. The first kappa shape index (κ1) is 10.7. The standard InChI is InChI=1S/C12H16N4/c1-8-4-5-13-6-11(8)7-14-12-9(2)15-16-10(12)3/h4-6,14H,7H2,1-3H3,(H,15,16). The van der Waals surface area contributed by atoms with Crippen LogP contribution in [0.5, 0.6) is 0 Å². The minimum absolute atomic E-state index is 0.779. The predicted octanol–water partition coefficient (Wildman–Crippen LogP) is 2.34. The van der Waals surface area contributed by atoms with Crippen LogP contribution >= 0.6 is 0 Å². The number of hydrogen-bond acceptors (Lipinski definition) is 3. The van der Waals surface area contributed by atoms with E-state index in [1.54, 1.807) is 0 Å². The van der Waals surface area contributed by atoms with Gasteiger partial charge in [0.1, 0.15) is 0 Å². The number of anilines is 1. The van der Waals surface area contributed by atoms with E-state index < -0.39 is 0 Å². The molecule has 0 radical (unpaired) electrons. The molecule has 84 valence electrons. The molecule has 0 bridgehead atoms. The quantitative estimate of drug-likeness (QED) is 0.828. The average molecular weight is 216 g/mol. The topological polar surface area (TPSA) is 53.6 Å². The number of hydrogen-bond donors (Lipinski definition) is 2. The molecule has 0 atom stereocenters. The first-order valence-corrected chi connectivity index (χ1v) is 5.33. The maximum absolute atomic E-state index is 4.15. The van der Waals surface area contributed by atoms with Crippen LogP contribution in [0, 0.1) is 20.8 Å². The highest BCUT2D eigenvalue weighted by Crippen LogP contribution is 2.17. The van der Waals surface area contributed by atoms with Gasteiger partial charge in [0.25, 0.3) is 0 Å². The van der Waals surface area contributed by atoms with Crippen molar-refractivity contribution in [2.24, 2.45) is 0 Å². The van der Waals surface area contributed by atoms with Gasteiger partial charge in [0, 0.05) is 18.9 Å². The van der Waals surface area contributed by atoms with Gasteiger partial charge in [-0.3, -0.25) is 10.1 Å². The first-order valence-electron chi connectivity index (χ1n) is 5.33. The van der Waals surface area contributed by atoms with E-state index in [-0.39, 0.29) is 0 Å². The predicted molar refractivity (Wildman–Crippen MR) is 64.4 cm³/mol. The molecular formula is C12H16N4. The monoisotopic (exact) mass is 216 g/mol. The van der Waals surface area contributed by atoms with Crippen molar-refractivity contribution < 1.29 is 0 Å². The normalized spacial score (nSPS) is 10.4. The van der Waals surface area contributed by atoms with E-state index >= 15 is 0 Å². The molecule has 0 aliphatic heterocycles. The molecule has 0 unspecified atom stereocenters. The SMILES string of the molecule is Cc1ccncc1CNc1c(C)n[nH]c1C. The van der Waals surface area contributed by atoms with E-state index in [2.05, 4.69) is 27.4 Å². The minimum Gasteiger partial charge on any atom is -0.378 e. The zero-order valence-corrected chi connectivity index (χ0v) is 9.83. The van der Waals surface area contributed by atoms with Crippen LogP contribution in [0.1, 0.15) is 22.5 Å². The molecule has 16 heavy (non-hydrogen) atoms. The van der Waals surface area contributed by atoms with Gasteiger partial charge in [0.05, 0.1) is 17.1 Å². The average Bonchev–Trinajstić information content (AvgIpc) is 2.58. The van der Waals surface area contributed by atoms with Crippen molar-refractivity contribution in [1.82, 2.24) is 15.2 Å². The van der Waals surface area contributed by atoms with Gasteiger partial charge in [-0.15, -0.1) is 0 Å². The summed E-state index contributed by atoms with van der Waals surface area (Å²) in [5.74, 6) is 0. The van der Waals surface area contributed by atoms with Crippen molar-refractivity contribution in [3.05, 3.63) is 41.0 Å². The fourth-order valence-corrected chi connectivity index (χ4v) is 1.68. The van der Waals surface area contributed by atoms with Gasteiger partial charge in [-0.1, -0.05) is 0 Å². The Bertz CT molecular complexity index is 468. The summed E-state index contributed by atoms with van der Waals surface area (Å²) in [6.07, 6.45) is 3.71. The van der Waals surface area contributed by atoms with Crippen molar-refractivity contribution in [2.75, 3.05) is 5.32 Å². The Balaban J connectivity index is 2.11. The maximum Gasteiger partial charge on any atom is 0.0825 e. The summed E-state index contributed by atoms with van der Waals surface area (Å²) >= 11 is 0. The maximum atomic E-state index is 4.15. The van der Waals surface area contributed by atoms with E-state index in [0.29, 0.717) is 0 Å². The second-order valence-electron chi connectivity index (χ2n) is 3.96. The molecule has 0 amide bonds. The van der Waals surface area contributed by atoms with Crippen LogP contribution < -0.4 is 5.32 Å². The second kappa shape index (κ2) is 4.35. The Kier molecular flexibility index (Phi) is 2.90. The van der Waals surface area contributed by atoms with Crippen LogP contribution in [0.25, 0.3) is 0 Å². The van der Waals surface area contributed by atoms with E-state index in [1.165, 1.54) is 11.1 Å². The summed E-state index contributed by atoms with van der Waals surface area (Å²) in [7, 11) is 0. The van der Waals surface area contributed by atoms with Crippen LogP contribution in [-0.4, -0.2) is 15.2 Å². The van der Waals surface area contributed by atoms with Crippen LogP contribution in [-0.2, 0) is 6.54 Å². The van der Waals surface area contributed by atoms with Gasteiger partial charge in [0.2, 0.25) is 0 Å². The number of aromatic amines is 1. The van der Waals surface area contributed by atoms with Gasteiger partial charge < -0.3 is 5.32 Å². The second-order valence-corrected chi connectivity index (χ2v) is 3.96. The summed E-state index contributed by atoms with van der Waals surface area (Å²) in [4.78, 5) is 4.13.